The Balaban J connectivity index is 1.38. The van der Waals surface area contributed by atoms with Gasteiger partial charge in [0.05, 0.1) is 0 Å². The molecule has 116 valence electrons. The third-order valence-electron chi connectivity index (χ3n) is 5.35. The first-order valence-corrected chi connectivity index (χ1v) is 8.82. The van der Waals surface area contributed by atoms with Gasteiger partial charge in [-0.05, 0) is 31.1 Å². The number of nitrogens with one attached hydrogen (secondary N) is 1. The van der Waals surface area contributed by atoms with Crippen LogP contribution in [0.15, 0.2) is 0 Å². The van der Waals surface area contributed by atoms with Crippen LogP contribution in [0, 0.1) is 5.41 Å². The Morgan fingerprint density at radius 2 is 1.60 bits per heavy atom. The molecule has 2 aliphatic carbocycles. The minimum atomic E-state index is 0.415. The summed E-state index contributed by atoms with van der Waals surface area (Å²) < 4.78 is 0. The summed E-state index contributed by atoms with van der Waals surface area (Å²) in [4.78, 5) is 5.46. The molecule has 20 heavy (non-hydrogen) atoms. The van der Waals surface area contributed by atoms with Crippen molar-refractivity contribution in [1.82, 2.24) is 15.1 Å². The number of nitrogens with zero attached hydrogens (tertiary/aromatic N) is 2. The van der Waals surface area contributed by atoms with E-state index >= 15 is 0 Å². The molecular weight excluding hydrogens is 246 g/mol. The van der Waals surface area contributed by atoms with E-state index in [2.05, 4.69) is 29.0 Å². The summed E-state index contributed by atoms with van der Waals surface area (Å²) in [5, 5.41) is 3.70. The smallest absolute Gasteiger partial charge is 0.0113 e. The molecule has 0 spiro atoms. The molecule has 0 aromatic rings. The van der Waals surface area contributed by atoms with Crippen molar-refractivity contribution in [2.45, 2.75) is 64.5 Å². The Kier molecular flexibility index (Phi) is 4.68. The van der Waals surface area contributed by atoms with Gasteiger partial charge in [0.15, 0.2) is 0 Å². The summed E-state index contributed by atoms with van der Waals surface area (Å²) in [5.41, 5.74) is 0.415. The molecule has 3 aliphatic rings. The fraction of sp³-hybridized carbons (Fsp3) is 1.00. The quantitative estimate of drug-likeness (QED) is 0.805. The van der Waals surface area contributed by atoms with Crippen molar-refractivity contribution in [2.24, 2.45) is 5.41 Å². The van der Waals surface area contributed by atoms with Crippen molar-refractivity contribution in [3.8, 4) is 0 Å². The van der Waals surface area contributed by atoms with Gasteiger partial charge in [0.25, 0.3) is 0 Å². The molecule has 0 bridgehead atoms. The lowest BCUT2D eigenvalue weighted by Crippen LogP contribution is -2.52. The van der Waals surface area contributed by atoms with Gasteiger partial charge in [-0.1, -0.05) is 26.7 Å². The standard InChI is InChI=1S/C17H33N3/c1-17(2,13-18-15-7-8-15)14-19-9-11-20(12-10-19)16-5-3-4-6-16/h15-16,18H,3-14H2,1-2H3. The van der Waals surface area contributed by atoms with E-state index in [4.69, 9.17) is 0 Å². The van der Waals surface area contributed by atoms with Crippen LogP contribution in [0.4, 0.5) is 0 Å². The van der Waals surface area contributed by atoms with Gasteiger partial charge in [-0.15, -0.1) is 0 Å². The molecule has 3 heteroatoms. The van der Waals surface area contributed by atoms with Crippen molar-refractivity contribution >= 4 is 0 Å². The number of hydrogen-bond donors (Lipinski definition) is 1. The van der Waals surface area contributed by atoms with Crippen LogP contribution in [0.2, 0.25) is 0 Å². The van der Waals surface area contributed by atoms with E-state index in [0.717, 1.165) is 12.1 Å². The van der Waals surface area contributed by atoms with E-state index in [9.17, 15) is 0 Å². The minimum absolute atomic E-state index is 0.415. The van der Waals surface area contributed by atoms with Gasteiger partial charge in [-0.2, -0.15) is 0 Å². The van der Waals surface area contributed by atoms with Gasteiger partial charge in [-0.3, -0.25) is 4.90 Å². The van der Waals surface area contributed by atoms with Crippen LogP contribution < -0.4 is 5.32 Å². The average Bonchev–Trinajstić information content (AvgIpc) is 3.10. The lowest BCUT2D eigenvalue weighted by molar-refractivity contribution is 0.0727. The van der Waals surface area contributed by atoms with Crippen LogP contribution in [-0.4, -0.2) is 61.2 Å². The van der Waals surface area contributed by atoms with Crippen LogP contribution in [0.25, 0.3) is 0 Å². The molecule has 2 saturated carbocycles. The SMILES string of the molecule is CC(C)(CNC1CC1)CN1CCN(C2CCCC2)CC1. The zero-order valence-electron chi connectivity index (χ0n) is 13.5. The first-order chi connectivity index (χ1) is 9.62. The Hall–Kier alpha value is -0.120. The summed E-state index contributed by atoms with van der Waals surface area (Å²) >= 11 is 0. The second-order valence-electron chi connectivity index (χ2n) is 8.07. The third-order valence-corrected chi connectivity index (χ3v) is 5.35. The predicted octanol–water partition coefficient (Wildman–Crippen LogP) is 2.32. The monoisotopic (exact) mass is 279 g/mol. The van der Waals surface area contributed by atoms with Gasteiger partial charge in [0.1, 0.15) is 0 Å². The second kappa shape index (κ2) is 6.33. The maximum atomic E-state index is 3.70. The zero-order chi connectivity index (χ0) is 14.0. The van der Waals surface area contributed by atoms with Crippen molar-refractivity contribution in [3.05, 3.63) is 0 Å². The van der Waals surface area contributed by atoms with E-state index in [-0.39, 0.29) is 0 Å². The first kappa shape index (κ1) is 14.8. The molecule has 1 aliphatic heterocycles. The van der Waals surface area contributed by atoms with Crippen LogP contribution in [-0.2, 0) is 0 Å². The molecule has 0 atom stereocenters. The summed E-state index contributed by atoms with van der Waals surface area (Å²) in [5.74, 6) is 0. The summed E-state index contributed by atoms with van der Waals surface area (Å²) in [7, 11) is 0. The molecule has 3 nitrogen and oxygen atoms in total. The maximum Gasteiger partial charge on any atom is 0.0113 e. The molecule has 0 radical (unpaired) electrons. The Morgan fingerprint density at radius 3 is 2.20 bits per heavy atom. The van der Waals surface area contributed by atoms with Crippen molar-refractivity contribution in [3.63, 3.8) is 0 Å². The molecule has 3 rings (SSSR count). The van der Waals surface area contributed by atoms with Gasteiger partial charge >= 0.3 is 0 Å². The van der Waals surface area contributed by atoms with Gasteiger partial charge < -0.3 is 10.2 Å². The van der Waals surface area contributed by atoms with Gasteiger partial charge in [0.2, 0.25) is 0 Å². The molecular formula is C17H33N3. The van der Waals surface area contributed by atoms with Crippen LogP contribution in [0.3, 0.4) is 0 Å². The molecule has 1 heterocycles. The fourth-order valence-corrected chi connectivity index (χ4v) is 3.93. The average molecular weight is 279 g/mol. The number of rotatable bonds is 6. The van der Waals surface area contributed by atoms with E-state index in [1.165, 1.54) is 77.8 Å². The summed E-state index contributed by atoms with van der Waals surface area (Å²) in [6, 6.07) is 1.76. The fourth-order valence-electron chi connectivity index (χ4n) is 3.93. The minimum Gasteiger partial charge on any atom is -0.313 e. The normalized spacial score (nSPS) is 27.3. The van der Waals surface area contributed by atoms with Crippen LogP contribution >= 0.6 is 0 Å². The van der Waals surface area contributed by atoms with E-state index in [1.54, 1.807) is 0 Å². The van der Waals surface area contributed by atoms with Crippen molar-refractivity contribution in [2.75, 3.05) is 39.3 Å². The lowest BCUT2D eigenvalue weighted by atomic mass is 9.92. The molecule has 1 saturated heterocycles. The molecule has 1 N–H and O–H groups in total. The maximum absolute atomic E-state index is 3.70. The number of hydrogen-bond acceptors (Lipinski definition) is 3. The van der Waals surface area contributed by atoms with E-state index in [0.29, 0.717) is 5.41 Å². The Morgan fingerprint density at radius 1 is 0.950 bits per heavy atom. The highest BCUT2D eigenvalue weighted by Crippen LogP contribution is 2.26. The first-order valence-electron chi connectivity index (χ1n) is 8.82. The summed E-state index contributed by atoms with van der Waals surface area (Å²) in [6.07, 6.45) is 8.63. The molecule has 0 amide bonds. The Labute approximate surface area is 125 Å². The highest BCUT2D eigenvalue weighted by atomic mass is 15.3. The topological polar surface area (TPSA) is 18.5 Å². The van der Waals surface area contributed by atoms with Gasteiger partial charge in [0, 0.05) is 51.4 Å². The van der Waals surface area contributed by atoms with Gasteiger partial charge in [-0.25, -0.2) is 0 Å². The highest BCUT2D eigenvalue weighted by molar-refractivity contribution is 4.87. The second-order valence-corrected chi connectivity index (χ2v) is 8.07. The van der Waals surface area contributed by atoms with Crippen molar-refractivity contribution in [1.29, 1.82) is 0 Å². The molecule has 0 aromatic heterocycles. The Bertz CT molecular complexity index is 297. The molecule has 3 fully saturated rings. The van der Waals surface area contributed by atoms with Crippen LogP contribution in [0.1, 0.15) is 52.4 Å². The summed E-state index contributed by atoms with van der Waals surface area (Å²) in [6.45, 7) is 12.4. The largest absolute Gasteiger partial charge is 0.313 e. The highest BCUT2D eigenvalue weighted by Gasteiger charge is 2.30. The third kappa shape index (κ3) is 4.19. The lowest BCUT2D eigenvalue weighted by Gasteiger charge is -2.41. The predicted molar refractivity (Wildman–Crippen MR) is 85.1 cm³/mol. The van der Waals surface area contributed by atoms with Crippen LogP contribution in [0.5, 0.6) is 0 Å². The van der Waals surface area contributed by atoms with Crippen molar-refractivity contribution < 1.29 is 0 Å². The van der Waals surface area contributed by atoms with E-state index < -0.39 is 0 Å². The zero-order valence-corrected chi connectivity index (χ0v) is 13.5. The molecule has 0 aromatic carbocycles. The van der Waals surface area contributed by atoms with E-state index in [1.807, 2.05) is 0 Å². The molecule has 0 unspecified atom stereocenters. The number of piperazine rings is 1.